The largest absolute Gasteiger partial charge is 0.465 e. The molecule has 1 spiro atoms. The number of fused-ring (bicyclic) bond motifs is 1. The highest BCUT2D eigenvalue weighted by Gasteiger charge is 2.67. The quantitative estimate of drug-likeness (QED) is 0.577. The Bertz CT molecular complexity index is 698. The third kappa shape index (κ3) is 2.81. The fraction of sp³-hybridized carbons (Fsp3) is 0.579. The lowest BCUT2D eigenvalue weighted by atomic mass is 9.77. The summed E-state index contributed by atoms with van der Waals surface area (Å²) in [4.78, 5) is 28.6. The van der Waals surface area contributed by atoms with Crippen molar-refractivity contribution in [1.82, 2.24) is 4.90 Å². The van der Waals surface area contributed by atoms with E-state index < -0.39 is 17.4 Å². The zero-order valence-electron chi connectivity index (χ0n) is 14.5. The van der Waals surface area contributed by atoms with Crippen LogP contribution in [-0.2, 0) is 25.6 Å². The molecule has 5 nitrogen and oxygen atoms in total. The number of carbonyl (C=O) groups is 2. The van der Waals surface area contributed by atoms with Crippen LogP contribution in [0.3, 0.4) is 0 Å². The van der Waals surface area contributed by atoms with Crippen molar-refractivity contribution in [1.29, 1.82) is 0 Å². The summed E-state index contributed by atoms with van der Waals surface area (Å²) in [6.45, 7) is 5.67. The Morgan fingerprint density at radius 3 is 3.08 bits per heavy atom. The third-order valence-electron chi connectivity index (χ3n) is 5.32. The average Bonchev–Trinajstić information content (AvgIpc) is 3.30. The standard InChI is InChI=1S/C19H23NO4S/c1-12(2)6-8-23-18(22)15-14-5-7-19(24-14)11-20(17(21)16(15)19)10-13-4-3-9-25-13/h3-5,7,9,12,14-16H,6,8,10-11H2,1-2H3/t14-,15-,16-,19+/m1/s1. The van der Waals surface area contributed by atoms with Crippen LogP contribution in [0.25, 0.3) is 0 Å². The van der Waals surface area contributed by atoms with Gasteiger partial charge in [0.15, 0.2) is 0 Å². The first kappa shape index (κ1) is 16.8. The Labute approximate surface area is 151 Å². The fourth-order valence-corrected chi connectivity index (χ4v) is 4.78. The van der Waals surface area contributed by atoms with Crippen molar-refractivity contribution in [2.45, 2.75) is 38.5 Å². The van der Waals surface area contributed by atoms with E-state index in [1.54, 1.807) is 11.3 Å². The molecule has 2 fully saturated rings. The minimum Gasteiger partial charge on any atom is -0.465 e. The molecular formula is C19H23NO4S. The molecule has 2 bridgehead atoms. The van der Waals surface area contributed by atoms with Crippen LogP contribution in [0, 0.1) is 17.8 Å². The van der Waals surface area contributed by atoms with Crippen molar-refractivity contribution in [3.05, 3.63) is 34.5 Å². The van der Waals surface area contributed by atoms with Gasteiger partial charge in [0.2, 0.25) is 5.91 Å². The molecule has 0 unspecified atom stereocenters. The molecule has 0 N–H and O–H groups in total. The number of thiophene rings is 1. The van der Waals surface area contributed by atoms with E-state index in [-0.39, 0.29) is 18.0 Å². The van der Waals surface area contributed by atoms with Gasteiger partial charge < -0.3 is 14.4 Å². The predicted octanol–water partition coefficient (Wildman–Crippen LogP) is 2.62. The Hall–Kier alpha value is -1.66. The first-order chi connectivity index (χ1) is 12.0. The summed E-state index contributed by atoms with van der Waals surface area (Å²) in [7, 11) is 0. The van der Waals surface area contributed by atoms with E-state index in [9.17, 15) is 9.59 Å². The molecule has 6 heteroatoms. The van der Waals surface area contributed by atoms with Crippen LogP contribution in [-0.4, -0.2) is 41.6 Å². The summed E-state index contributed by atoms with van der Waals surface area (Å²) in [5.74, 6) is -0.781. The number of hydrogen-bond donors (Lipinski definition) is 0. The Balaban J connectivity index is 1.49. The van der Waals surface area contributed by atoms with E-state index in [1.807, 2.05) is 34.6 Å². The molecule has 0 aliphatic carbocycles. The molecule has 0 aromatic carbocycles. The molecule has 0 radical (unpaired) electrons. The van der Waals surface area contributed by atoms with E-state index in [4.69, 9.17) is 9.47 Å². The number of hydrogen-bond acceptors (Lipinski definition) is 5. The summed E-state index contributed by atoms with van der Waals surface area (Å²) in [5, 5.41) is 2.01. The predicted molar refractivity (Wildman–Crippen MR) is 93.9 cm³/mol. The number of esters is 1. The number of nitrogens with zero attached hydrogens (tertiary/aromatic N) is 1. The normalized spacial score (nSPS) is 32.7. The van der Waals surface area contributed by atoms with E-state index >= 15 is 0 Å². The van der Waals surface area contributed by atoms with Crippen molar-refractivity contribution in [3.8, 4) is 0 Å². The maximum Gasteiger partial charge on any atom is 0.312 e. The minimum atomic E-state index is -0.652. The van der Waals surface area contributed by atoms with Gasteiger partial charge in [0, 0.05) is 4.88 Å². The van der Waals surface area contributed by atoms with Gasteiger partial charge in [-0.1, -0.05) is 32.1 Å². The average molecular weight is 361 g/mol. The van der Waals surface area contributed by atoms with Crippen LogP contribution in [0.2, 0.25) is 0 Å². The molecule has 3 aliphatic rings. The smallest absolute Gasteiger partial charge is 0.312 e. The molecule has 25 heavy (non-hydrogen) atoms. The fourth-order valence-electron chi connectivity index (χ4n) is 4.06. The first-order valence-corrected chi connectivity index (χ1v) is 9.73. The van der Waals surface area contributed by atoms with Crippen molar-refractivity contribution < 1.29 is 19.1 Å². The topological polar surface area (TPSA) is 55.8 Å². The highest BCUT2D eigenvalue weighted by molar-refractivity contribution is 7.09. The van der Waals surface area contributed by atoms with Gasteiger partial charge in [0.1, 0.15) is 11.5 Å². The van der Waals surface area contributed by atoms with E-state index in [1.165, 1.54) is 0 Å². The Morgan fingerprint density at radius 2 is 2.36 bits per heavy atom. The minimum absolute atomic E-state index is 0.00561. The van der Waals surface area contributed by atoms with Crippen molar-refractivity contribution in [3.63, 3.8) is 0 Å². The third-order valence-corrected chi connectivity index (χ3v) is 6.18. The maximum absolute atomic E-state index is 13.0. The van der Waals surface area contributed by atoms with Crippen molar-refractivity contribution in [2.75, 3.05) is 13.2 Å². The Morgan fingerprint density at radius 1 is 1.52 bits per heavy atom. The van der Waals surface area contributed by atoms with Gasteiger partial charge in [-0.15, -0.1) is 11.3 Å². The zero-order valence-corrected chi connectivity index (χ0v) is 15.3. The second kappa shape index (κ2) is 6.25. The van der Waals surface area contributed by atoms with Gasteiger partial charge >= 0.3 is 5.97 Å². The van der Waals surface area contributed by atoms with Gasteiger partial charge in [-0.25, -0.2) is 0 Å². The highest BCUT2D eigenvalue weighted by atomic mass is 32.1. The van der Waals surface area contributed by atoms with Gasteiger partial charge in [0.05, 0.1) is 31.7 Å². The number of carbonyl (C=O) groups excluding carboxylic acids is 2. The lowest BCUT2D eigenvalue weighted by molar-refractivity contribution is -0.154. The van der Waals surface area contributed by atoms with Crippen molar-refractivity contribution >= 4 is 23.2 Å². The van der Waals surface area contributed by atoms with E-state index in [2.05, 4.69) is 13.8 Å². The van der Waals surface area contributed by atoms with Gasteiger partial charge in [-0.3, -0.25) is 9.59 Å². The summed E-state index contributed by atoms with van der Waals surface area (Å²) in [6.07, 6.45) is 4.40. The number of rotatable bonds is 6. The van der Waals surface area contributed by atoms with Crippen LogP contribution in [0.4, 0.5) is 0 Å². The van der Waals surface area contributed by atoms with Gasteiger partial charge in [-0.2, -0.15) is 0 Å². The Kier molecular flexibility index (Phi) is 4.20. The molecule has 0 saturated carbocycles. The highest BCUT2D eigenvalue weighted by Crippen LogP contribution is 2.52. The SMILES string of the molecule is CC(C)CCOC(=O)[C@@H]1[C@H]2C=C[C@@]3(CN(Cc4cccs4)C(=O)[C@@H]13)O2. The molecule has 1 amide bonds. The van der Waals surface area contributed by atoms with Gasteiger partial charge in [-0.05, 0) is 23.8 Å². The molecule has 134 valence electrons. The molecule has 1 aromatic rings. The molecule has 3 aliphatic heterocycles. The number of likely N-dealkylation sites (tertiary alicyclic amines) is 1. The van der Waals surface area contributed by atoms with E-state index in [0.29, 0.717) is 25.6 Å². The van der Waals surface area contributed by atoms with Crippen LogP contribution in [0.5, 0.6) is 0 Å². The van der Waals surface area contributed by atoms with Gasteiger partial charge in [0.25, 0.3) is 0 Å². The first-order valence-electron chi connectivity index (χ1n) is 8.85. The molecule has 4 atom stereocenters. The summed E-state index contributed by atoms with van der Waals surface area (Å²) in [6, 6.07) is 4.01. The monoisotopic (exact) mass is 361 g/mol. The molecule has 4 rings (SSSR count). The van der Waals surface area contributed by atoms with Crippen molar-refractivity contribution in [2.24, 2.45) is 17.8 Å². The summed E-state index contributed by atoms with van der Waals surface area (Å²) in [5.41, 5.74) is -0.652. The molecule has 1 aromatic heterocycles. The number of ether oxygens (including phenoxy) is 2. The molecule has 4 heterocycles. The van der Waals surface area contributed by atoms with E-state index in [0.717, 1.165) is 11.3 Å². The molecular weight excluding hydrogens is 338 g/mol. The summed E-state index contributed by atoms with van der Waals surface area (Å²) >= 11 is 1.63. The second-order valence-electron chi connectivity index (χ2n) is 7.52. The molecule has 2 saturated heterocycles. The summed E-state index contributed by atoms with van der Waals surface area (Å²) < 4.78 is 11.6. The van der Waals surface area contributed by atoms with Crippen LogP contribution < -0.4 is 0 Å². The lowest BCUT2D eigenvalue weighted by Crippen LogP contribution is -2.40. The second-order valence-corrected chi connectivity index (χ2v) is 8.56. The maximum atomic E-state index is 13.0. The zero-order chi connectivity index (χ0) is 17.6. The van der Waals surface area contributed by atoms with Crippen LogP contribution >= 0.6 is 11.3 Å². The van der Waals surface area contributed by atoms with Crippen LogP contribution in [0.1, 0.15) is 25.1 Å². The number of amides is 1. The van der Waals surface area contributed by atoms with Crippen LogP contribution in [0.15, 0.2) is 29.7 Å². The lowest BCUT2D eigenvalue weighted by Gasteiger charge is -2.23.